The molecule has 0 saturated heterocycles. The lowest BCUT2D eigenvalue weighted by atomic mass is 9.78. The van der Waals surface area contributed by atoms with Gasteiger partial charge in [-0.2, -0.15) is 0 Å². The Bertz CT molecular complexity index is 854. The molecule has 2 aromatic rings. The lowest BCUT2D eigenvalue weighted by Crippen LogP contribution is -2.15. The van der Waals surface area contributed by atoms with Crippen molar-refractivity contribution in [1.82, 2.24) is 0 Å². The summed E-state index contributed by atoms with van der Waals surface area (Å²) in [6, 6.07) is 5.13. The Hall–Kier alpha value is -1.97. The van der Waals surface area contributed by atoms with Gasteiger partial charge in [-0.1, -0.05) is 64.9 Å². The highest BCUT2D eigenvalue weighted by atomic mass is 19.2. The Morgan fingerprint density at radius 2 is 1.70 bits per heavy atom. The molecule has 0 amide bonds. The van der Waals surface area contributed by atoms with Gasteiger partial charge in [0.05, 0.1) is 12.2 Å². The quantitative estimate of drug-likeness (QED) is 0.294. The number of carbonyl (C=O) groups excluding carboxylic acids is 1. The molecule has 1 aliphatic carbocycles. The molecule has 0 aromatic heterocycles. The summed E-state index contributed by atoms with van der Waals surface area (Å²) >= 11 is 0. The molecule has 0 unspecified atom stereocenters. The minimum atomic E-state index is -0.933. The van der Waals surface area contributed by atoms with E-state index in [4.69, 9.17) is 4.74 Å². The van der Waals surface area contributed by atoms with Crippen LogP contribution in [0.3, 0.4) is 0 Å². The van der Waals surface area contributed by atoms with Crippen molar-refractivity contribution in [3.63, 3.8) is 0 Å². The molecular weight excluding hydrogens is 382 g/mol. The molecule has 1 saturated carbocycles. The molecule has 2 nitrogen and oxygen atoms in total. The molecule has 0 N–H and O–H groups in total. The number of aldehydes is 1. The largest absolute Gasteiger partial charge is 0.493 e. The maximum atomic E-state index is 15.0. The zero-order valence-electron chi connectivity index (χ0n) is 18.3. The number of unbranched alkanes of at least 4 members (excludes halogenated alkanes) is 1. The van der Waals surface area contributed by atoms with E-state index >= 15 is 0 Å². The summed E-state index contributed by atoms with van der Waals surface area (Å²) in [5, 5.41) is 0.584. The molecule has 1 aliphatic rings. The van der Waals surface area contributed by atoms with Crippen molar-refractivity contribution in [1.29, 1.82) is 0 Å². The van der Waals surface area contributed by atoms with Gasteiger partial charge in [-0.05, 0) is 54.2 Å². The van der Waals surface area contributed by atoms with E-state index in [-0.39, 0.29) is 10.9 Å². The third-order valence-corrected chi connectivity index (χ3v) is 6.62. The number of carbonyl (C=O) groups is 1. The van der Waals surface area contributed by atoms with Gasteiger partial charge < -0.3 is 4.74 Å². The SMILES string of the molecule is CCCCOc1ccc2cc(CCC3CCC(CCC)CC3)c(F)c(F)c2c1C=O. The number of hydrogen-bond donors (Lipinski definition) is 0. The maximum Gasteiger partial charge on any atom is 0.167 e. The molecule has 30 heavy (non-hydrogen) atoms. The summed E-state index contributed by atoms with van der Waals surface area (Å²) in [5.74, 6) is 0.00163. The van der Waals surface area contributed by atoms with Gasteiger partial charge >= 0.3 is 0 Å². The van der Waals surface area contributed by atoms with Gasteiger partial charge in [-0.25, -0.2) is 8.78 Å². The van der Waals surface area contributed by atoms with Gasteiger partial charge in [0, 0.05) is 5.39 Å². The van der Waals surface area contributed by atoms with Crippen LogP contribution in [0.4, 0.5) is 8.78 Å². The van der Waals surface area contributed by atoms with Crippen molar-refractivity contribution < 1.29 is 18.3 Å². The van der Waals surface area contributed by atoms with Crippen LogP contribution < -0.4 is 4.74 Å². The molecular formula is C26H34F2O2. The Morgan fingerprint density at radius 3 is 2.33 bits per heavy atom. The molecule has 3 rings (SSSR count). The molecule has 0 heterocycles. The molecule has 4 heteroatoms. The second kappa shape index (κ2) is 10.9. The summed E-state index contributed by atoms with van der Waals surface area (Å²) in [7, 11) is 0. The third-order valence-electron chi connectivity index (χ3n) is 6.62. The summed E-state index contributed by atoms with van der Waals surface area (Å²) < 4.78 is 35.5. The first-order valence-corrected chi connectivity index (χ1v) is 11.6. The van der Waals surface area contributed by atoms with Crippen LogP contribution in [-0.4, -0.2) is 12.9 Å². The minimum absolute atomic E-state index is 0.0281. The van der Waals surface area contributed by atoms with Gasteiger partial charge in [0.1, 0.15) is 5.75 Å². The number of halogens is 2. The Balaban J connectivity index is 1.76. The lowest BCUT2D eigenvalue weighted by Gasteiger charge is -2.28. The molecule has 0 radical (unpaired) electrons. The predicted octanol–water partition coefficient (Wildman–Crippen LogP) is 7.65. The van der Waals surface area contributed by atoms with E-state index < -0.39 is 11.6 Å². The fourth-order valence-electron chi connectivity index (χ4n) is 4.81. The average molecular weight is 417 g/mol. The van der Waals surface area contributed by atoms with E-state index in [1.165, 1.54) is 38.5 Å². The highest BCUT2D eigenvalue weighted by molar-refractivity contribution is 6.01. The predicted molar refractivity (Wildman–Crippen MR) is 118 cm³/mol. The van der Waals surface area contributed by atoms with Crippen molar-refractivity contribution in [2.75, 3.05) is 6.61 Å². The highest BCUT2D eigenvalue weighted by Gasteiger charge is 2.23. The van der Waals surface area contributed by atoms with E-state index in [2.05, 4.69) is 6.92 Å². The van der Waals surface area contributed by atoms with Gasteiger partial charge in [0.15, 0.2) is 17.9 Å². The maximum absolute atomic E-state index is 15.0. The zero-order valence-corrected chi connectivity index (χ0v) is 18.3. The van der Waals surface area contributed by atoms with E-state index in [9.17, 15) is 13.6 Å². The van der Waals surface area contributed by atoms with Crippen LogP contribution in [0.15, 0.2) is 18.2 Å². The van der Waals surface area contributed by atoms with Crippen molar-refractivity contribution in [2.45, 2.75) is 78.1 Å². The number of aryl methyl sites for hydroxylation is 1. The third kappa shape index (κ3) is 5.19. The summed E-state index contributed by atoms with van der Waals surface area (Å²) in [6.07, 6.45) is 11.2. The van der Waals surface area contributed by atoms with Gasteiger partial charge in [-0.15, -0.1) is 0 Å². The molecule has 0 aliphatic heterocycles. The summed E-state index contributed by atoms with van der Waals surface area (Å²) in [4.78, 5) is 11.7. The van der Waals surface area contributed by atoms with Crippen molar-refractivity contribution in [3.05, 3.63) is 41.0 Å². The zero-order chi connectivity index (χ0) is 21.5. The fourth-order valence-corrected chi connectivity index (χ4v) is 4.81. The molecule has 2 aromatic carbocycles. The normalized spacial score (nSPS) is 19.2. The van der Waals surface area contributed by atoms with Gasteiger partial charge in [0.25, 0.3) is 0 Å². The Morgan fingerprint density at radius 1 is 1.00 bits per heavy atom. The molecule has 0 atom stereocenters. The van der Waals surface area contributed by atoms with Gasteiger partial charge in [-0.3, -0.25) is 4.79 Å². The second-order valence-electron chi connectivity index (χ2n) is 8.77. The van der Waals surface area contributed by atoms with Crippen LogP contribution in [0.5, 0.6) is 5.75 Å². The van der Waals surface area contributed by atoms with Crippen LogP contribution >= 0.6 is 0 Å². The number of fused-ring (bicyclic) bond motifs is 1. The summed E-state index contributed by atoms with van der Waals surface area (Å²) in [6.45, 7) is 4.72. The standard InChI is InChI=1S/C26H34F2O2/c1-3-5-15-30-23-14-13-20-16-21(25(27)26(28)24(20)22(23)17-29)12-11-19-9-7-18(6-4-2)8-10-19/h13-14,16-19H,3-12,15H2,1-2H3. The lowest BCUT2D eigenvalue weighted by molar-refractivity contribution is 0.112. The fraction of sp³-hybridized carbons (Fsp3) is 0.577. The van der Waals surface area contributed by atoms with Gasteiger partial charge in [0.2, 0.25) is 0 Å². The first kappa shape index (κ1) is 22.7. The second-order valence-corrected chi connectivity index (χ2v) is 8.77. The smallest absolute Gasteiger partial charge is 0.167 e. The minimum Gasteiger partial charge on any atom is -0.493 e. The number of ether oxygens (including phenoxy) is 1. The number of hydrogen-bond acceptors (Lipinski definition) is 2. The first-order valence-electron chi connectivity index (χ1n) is 11.6. The van der Waals surface area contributed by atoms with Crippen LogP contribution in [0, 0.1) is 23.5 Å². The van der Waals surface area contributed by atoms with E-state index in [1.807, 2.05) is 6.92 Å². The Labute approximate surface area is 179 Å². The topological polar surface area (TPSA) is 26.3 Å². The molecule has 0 spiro atoms. The highest BCUT2D eigenvalue weighted by Crippen LogP contribution is 2.36. The van der Waals surface area contributed by atoms with Crippen molar-refractivity contribution >= 4 is 17.1 Å². The van der Waals surface area contributed by atoms with Crippen LogP contribution in [0.1, 0.15) is 87.6 Å². The first-order chi connectivity index (χ1) is 14.6. The summed E-state index contributed by atoms with van der Waals surface area (Å²) in [5.41, 5.74) is 0.507. The molecule has 1 fully saturated rings. The molecule has 164 valence electrons. The van der Waals surface area contributed by atoms with Crippen molar-refractivity contribution in [3.8, 4) is 5.75 Å². The van der Waals surface area contributed by atoms with E-state index in [0.717, 1.165) is 25.2 Å². The van der Waals surface area contributed by atoms with Crippen LogP contribution in [0.25, 0.3) is 10.8 Å². The van der Waals surface area contributed by atoms with Crippen LogP contribution in [0.2, 0.25) is 0 Å². The van der Waals surface area contributed by atoms with Crippen LogP contribution in [-0.2, 0) is 6.42 Å². The van der Waals surface area contributed by atoms with E-state index in [0.29, 0.717) is 41.9 Å². The Kier molecular flexibility index (Phi) is 8.24. The van der Waals surface area contributed by atoms with E-state index in [1.54, 1.807) is 18.2 Å². The monoisotopic (exact) mass is 416 g/mol. The molecule has 0 bridgehead atoms. The number of rotatable bonds is 10. The number of benzene rings is 2. The van der Waals surface area contributed by atoms with Crippen molar-refractivity contribution in [2.24, 2.45) is 11.8 Å². The average Bonchev–Trinajstić information content (AvgIpc) is 2.76.